The van der Waals surface area contributed by atoms with Gasteiger partial charge in [-0.2, -0.15) is 0 Å². The minimum atomic E-state index is 0.569. The van der Waals surface area contributed by atoms with Gasteiger partial charge in [-0.3, -0.25) is 0 Å². The van der Waals surface area contributed by atoms with Gasteiger partial charge in [0, 0.05) is 54.9 Å². The Kier molecular flexibility index (Phi) is 12.1. The number of hydrogen-bond donors (Lipinski definition) is 0. The average molecular weight is 1300 g/mol. The third-order valence-electron chi connectivity index (χ3n) is 21.6. The molecule has 0 saturated heterocycles. The largest absolute Gasteiger partial charge is 0.464 e. The maximum absolute atomic E-state index is 7.22. The van der Waals surface area contributed by atoms with E-state index in [1.807, 2.05) is 12.3 Å². The summed E-state index contributed by atoms with van der Waals surface area (Å²) in [5.74, 6) is 0.569. The van der Waals surface area contributed by atoms with Crippen molar-refractivity contribution in [3.05, 3.63) is 334 Å². The van der Waals surface area contributed by atoms with Crippen molar-refractivity contribution >= 4 is 141 Å². The molecule has 5 heteroatoms. The minimum Gasteiger partial charge on any atom is -0.464 e. The second-order valence-corrected chi connectivity index (χ2v) is 27.1. The zero-order chi connectivity index (χ0) is 66.7. The second kappa shape index (κ2) is 21.9. The Morgan fingerprint density at radius 2 is 0.784 bits per heavy atom. The van der Waals surface area contributed by atoms with E-state index in [4.69, 9.17) is 22.7 Å². The lowest BCUT2D eigenvalue weighted by Crippen LogP contribution is -1.92. The summed E-state index contributed by atoms with van der Waals surface area (Å²) in [6.07, 6.45) is 3.66. The van der Waals surface area contributed by atoms with Crippen LogP contribution in [0.1, 0.15) is 0 Å². The van der Waals surface area contributed by atoms with Crippen LogP contribution in [0.2, 0.25) is 0 Å². The topological polar surface area (TPSA) is 65.5 Å². The smallest absolute Gasteiger partial charge is 0.227 e. The molecule has 0 aliphatic heterocycles. The number of benzene rings is 18. The Morgan fingerprint density at radius 1 is 0.216 bits per heavy atom. The van der Waals surface area contributed by atoms with Gasteiger partial charge in [0.05, 0.1) is 12.5 Å². The van der Waals surface area contributed by atoms with Crippen LogP contribution in [-0.4, -0.2) is 4.98 Å². The summed E-state index contributed by atoms with van der Waals surface area (Å²) in [4.78, 5) is 5.36. The van der Waals surface area contributed by atoms with Crippen LogP contribution in [0.25, 0.3) is 230 Å². The molecule has 22 rings (SSSR count). The van der Waals surface area contributed by atoms with E-state index in [0.717, 1.165) is 186 Å². The predicted molar refractivity (Wildman–Crippen MR) is 424 cm³/mol. The molecule has 22 aromatic rings. The van der Waals surface area contributed by atoms with Gasteiger partial charge < -0.3 is 17.7 Å². The molecule has 0 aliphatic rings. The highest BCUT2D eigenvalue weighted by atomic mass is 16.4. The van der Waals surface area contributed by atoms with Crippen LogP contribution >= 0.6 is 0 Å². The number of hydrogen-bond acceptors (Lipinski definition) is 5. The molecule has 472 valence electrons. The standard InChI is InChI=1S/C97H55NO4/c1-2-18-56(19-3-1)85-55-100-89-53-62-23-15-33-76(82(62)54-83(85)89)91-72-29-10-12-31-74(72)92(75-32-13-11-30-73(75)91)80-36-17-37-86-96(80)102-97(98-86)78-44-43-66(68-25-6-7-26-69(68)78)61-22-14-21-58(48-61)59-40-42-77-84(51-59)93(79-34-16-35-81-94-67-24-5-4-20-57(67)41-45-87(94)101-95(79)81)71-28-9-8-27-70(71)90(77)64-39-38-60-52-88-63(46-47-99-88)49-65(60)50-64/h1-55H. The van der Waals surface area contributed by atoms with E-state index in [2.05, 4.69) is 315 Å². The number of nitrogens with zero attached hydrogens (tertiary/aromatic N) is 1. The molecule has 18 aromatic carbocycles. The van der Waals surface area contributed by atoms with Crippen molar-refractivity contribution in [1.82, 2.24) is 4.98 Å². The van der Waals surface area contributed by atoms with Gasteiger partial charge in [-0.1, -0.05) is 255 Å². The Labute approximate surface area is 583 Å². The van der Waals surface area contributed by atoms with Crippen LogP contribution in [0.5, 0.6) is 0 Å². The summed E-state index contributed by atoms with van der Waals surface area (Å²) in [7, 11) is 0. The lowest BCUT2D eigenvalue weighted by Gasteiger charge is -2.19. The first-order valence-corrected chi connectivity index (χ1v) is 34.8. The molecule has 0 spiro atoms. The third kappa shape index (κ3) is 8.49. The monoisotopic (exact) mass is 1300 g/mol. The molecule has 0 N–H and O–H groups in total. The van der Waals surface area contributed by atoms with Crippen molar-refractivity contribution < 1.29 is 17.7 Å². The number of aromatic nitrogens is 1. The maximum atomic E-state index is 7.22. The molecule has 4 heterocycles. The Balaban J connectivity index is 0.681. The lowest BCUT2D eigenvalue weighted by molar-refractivity contribution is 0.616. The third-order valence-corrected chi connectivity index (χ3v) is 21.6. The lowest BCUT2D eigenvalue weighted by atomic mass is 9.84. The number of rotatable bonds is 8. The molecule has 0 atom stereocenters. The van der Waals surface area contributed by atoms with Crippen LogP contribution in [-0.2, 0) is 0 Å². The number of fused-ring (bicyclic) bond motifs is 15. The van der Waals surface area contributed by atoms with E-state index >= 15 is 0 Å². The Hall–Kier alpha value is -13.6. The molecule has 0 saturated carbocycles. The van der Waals surface area contributed by atoms with Gasteiger partial charge in [0.2, 0.25) is 5.89 Å². The number of oxazole rings is 1. The minimum absolute atomic E-state index is 0.569. The summed E-state index contributed by atoms with van der Waals surface area (Å²) >= 11 is 0. The molecular weight excluding hydrogens is 1240 g/mol. The fraction of sp³-hybridized carbons (Fsp3) is 0. The zero-order valence-electron chi connectivity index (χ0n) is 54.8. The summed E-state index contributed by atoms with van der Waals surface area (Å²) in [6.45, 7) is 0. The summed E-state index contributed by atoms with van der Waals surface area (Å²) in [5, 5.41) is 22.7. The van der Waals surface area contributed by atoms with Crippen LogP contribution in [0, 0.1) is 0 Å². The van der Waals surface area contributed by atoms with E-state index in [0.29, 0.717) is 5.89 Å². The summed E-state index contributed by atoms with van der Waals surface area (Å²) in [5.41, 5.74) is 21.6. The quantitative estimate of drug-likeness (QED) is 0.142. The van der Waals surface area contributed by atoms with Gasteiger partial charge in [-0.15, -0.1) is 0 Å². The SMILES string of the molecule is c1ccc(-c2coc3cc4cccc(-c5c6ccccc6c(-c6cccc7nc(-c8ccc(-c9cccc(-c%10ccc%11c(-c%12ccc%13cc%14occc%14cc%13c%12)c%12ccccc%12c(-c%12cccc%13c%12oc%12ccc%14ccccc%14c%12%13)c%11c%10)c9)c9ccccc89)oc67)c6ccccc56)c4cc23)cc1. The molecule has 0 unspecified atom stereocenters. The highest BCUT2D eigenvalue weighted by Gasteiger charge is 2.26. The van der Waals surface area contributed by atoms with Crippen molar-refractivity contribution in [2.24, 2.45) is 0 Å². The van der Waals surface area contributed by atoms with Gasteiger partial charge in [-0.05, 0) is 203 Å². The Bertz CT molecular complexity index is 7270. The first-order valence-electron chi connectivity index (χ1n) is 34.8. The van der Waals surface area contributed by atoms with Crippen molar-refractivity contribution in [3.63, 3.8) is 0 Å². The number of para-hydroxylation sites is 2. The molecule has 5 nitrogen and oxygen atoms in total. The average Bonchev–Trinajstić information content (AvgIpc) is 1.10. The van der Waals surface area contributed by atoms with E-state index < -0.39 is 0 Å². The van der Waals surface area contributed by atoms with Crippen LogP contribution < -0.4 is 0 Å². The van der Waals surface area contributed by atoms with Crippen LogP contribution in [0.3, 0.4) is 0 Å². The van der Waals surface area contributed by atoms with Gasteiger partial charge in [0.1, 0.15) is 27.8 Å². The molecular formula is C97H55NO4. The zero-order valence-corrected chi connectivity index (χ0v) is 54.8. The van der Waals surface area contributed by atoms with Crippen molar-refractivity contribution in [2.45, 2.75) is 0 Å². The maximum Gasteiger partial charge on any atom is 0.227 e. The highest BCUT2D eigenvalue weighted by molar-refractivity contribution is 6.29. The molecule has 0 radical (unpaired) electrons. The Morgan fingerprint density at radius 3 is 1.58 bits per heavy atom. The summed E-state index contributed by atoms with van der Waals surface area (Å²) in [6, 6.07) is 117. The normalized spacial score (nSPS) is 12.1. The second-order valence-electron chi connectivity index (χ2n) is 27.1. The highest BCUT2D eigenvalue weighted by Crippen LogP contribution is 2.52. The predicted octanol–water partition coefficient (Wildman–Crippen LogP) is 27.8. The van der Waals surface area contributed by atoms with Gasteiger partial charge >= 0.3 is 0 Å². The van der Waals surface area contributed by atoms with E-state index in [-0.39, 0.29) is 0 Å². The molecule has 0 aliphatic carbocycles. The number of furan rings is 3. The fourth-order valence-electron chi connectivity index (χ4n) is 17.0. The van der Waals surface area contributed by atoms with Crippen molar-refractivity contribution in [2.75, 3.05) is 0 Å². The van der Waals surface area contributed by atoms with E-state index in [1.165, 1.54) is 38.2 Å². The first kappa shape index (κ1) is 56.4. The molecule has 102 heavy (non-hydrogen) atoms. The van der Waals surface area contributed by atoms with Crippen molar-refractivity contribution in [3.8, 4) is 89.3 Å². The van der Waals surface area contributed by atoms with Gasteiger partial charge in [0.25, 0.3) is 0 Å². The first-order chi connectivity index (χ1) is 50.6. The fourth-order valence-corrected chi connectivity index (χ4v) is 17.0. The van der Waals surface area contributed by atoms with Crippen molar-refractivity contribution in [1.29, 1.82) is 0 Å². The van der Waals surface area contributed by atoms with Gasteiger partial charge in [0.15, 0.2) is 5.58 Å². The van der Waals surface area contributed by atoms with Crippen LogP contribution in [0.4, 0.5) is 0 Å². The molecule has 0 bridgehead atoms. The summed E-state index contributed by atoms with van der Waals surface area (Å²) < 4.78 is 26.4. The van der Waals surface area contributed by atoms with Gasteiger partial charge in [-0.25, -0.2) is 4.98 Å². The molecule has 0 amide bonds. The van der Waals surface area contributed by atoms with E-state index in [1.54, 1.807) is 6.26 Å². The molecule has 4 aromatic heterocycles. The van der Waals surface area contributed by atoms with E-state index in [9.17, 15) is 0 Å². The molecule has 0 fully saturated rings. The van der Waals surface area contributed by atoms with Crippen LogP contribution in [0.15, 0.2) is 352 Å².